The van der Waals surface area contributed by atoms with Gasteiger partial charge in [-0.3, -0.25) is 9.59 Å². The van der Waals surface area contributed by atoms with Crippen LogP contribution in [-0.2, 0) is 4.79 Å². The van der Waals surface area contributed by atoms with Crippen LogP contribution < -0.4 is 16.2 Å². The number of hydrogen-bond acceptors (Lipinski definition) is 6. The highest BCUT2D eigenvalue weighted by atomic mass is 16.5. The van der Waals surface area contributed by atoms with Crippen LogP contribution >= 0.6 is 0 Å². The van der Waals surface area contributed by atoms with Crippen LogP contribution in [0.4, 0.5) is 5.95 Å². The van der Waals surface area contributed by atoms with Gasteiger partial charge in [0.2, 0.25) is 17.7 Å². The maximum atomic E-state index is 12.9. The van der Waals surface area contributed by atoms with E-state index in [0.717, 1.165) is 6.42 Å². The summed E-state index contributed by atoms with van der Waals surface area (Å²) in [4.78, 5) is 34.3. The fraction of sp³-hybridized carbons (Fsp3) is 0.368. The number of aromatic nitrogens is 2. The number of benzene rings is 1. The number of amides is 2. The number of ether oxygens (including phenoxy) is 1. The lowest BCUT2D eigenvalue weighted by Crippen LogP contribution is -2.43. The van der Waals surface area contributed by atoms with E-state index in [-0.39, 0.29) is 18.0 Å². The van der Waals surface area contributed by atoms with E-state index in [1.54, 1.807) is 24.3 Å². The van der Waals surface area contributed by atoms with Crippen molar-refractivity contribution in [1.82, 2.24) is 14.9 Å². The molecule has 2 aromatic rings. The van der Waals surface area contributed by atoms with Gasteiger partial charge < -0.3 is 21.1 Å². The number of nitrogens with zero attached hydrogens (tertiary/aromatic N) is 3. The number of primary amides is 1. The van der Waals surface area contributed by atoms with Crippen molar-refractivity contribution in [3.63, 3.8) is 0 Å². The zero-order valence-corrected chi connectivity index (χ0v) is 15.4. The number of nitrogen functional groups attached to an aromatic ring is 1. The van der Waals surface area contributed by atoms with Crippen molar-refractivity contribution in [2.45, 2.75) is 38.8 Å². The summed E-state index contributed by atoms with van der Waals surface area (Å²) in [5, 5.41) is 0. The van der Waals surface area contributed by atoms with E-state index >= 15 is 0 Å². The minimum atomic E-state index is -0.554. The van der Waals surface area contributed by atoms with Gasteiger partial charge >= 0.3 is 0 Å². The number of anilines is 1. The molecule has 1 aromatic carbocycles. The maximum absolute atomic E-state index is 12.9. The van der Waals surface area contributed by atoms with Crippen molar-refractivity contribution in [1.29, 1.82) is 0 Å². The van der Waals surface area contributed by atoms with Crippen LogP contribution in [0.2, 0.25) is 0 Å². The first-order valence-corrected chi connectivity index (χ1v) is 8.87. The SMILES string of the molecule is CC(C)Oc1cc(-c2cccc(C(=O)N3CCC[C@H]3C(N)=O)c2)nc(N)n1. The molecule has 0 unspecified atom stereocenters. The number of likely N-dealkylation sites (tertiary alicyclic amines) is 1. The Hall–Kier alpha value is -3.16. The Kier molecular flexibility index (Phi) is 5.25. The number of hydrogen-bond donors (Lipinski definition) is 2. The second kappa shape index (κ2) is 7.61. The van der Waals surface area contributed by atoms with E-state index in [1.807, 2.05) is 19.9 Å². The molecule has 1 atom stereocenters. The predicted molar refractivity (Wildman–Crippen MR) is 101 cm³/mol. The third kappa shape index (κ3) is 4.16. The van der Waals surface area contributed by atoms with Gasteiger partial charge in [0.25, 0.3) is 5.91 Å². The van der Waals surface area contributed by atoms with Crippen LogP contribution in [0, 0.1) is 0 Å². The van der Waals surface area contributed by atoms with Gasteiger partial charge in [0, 0.05) is 23.7 Å². The Bertz CT molecular complexity index is 868. The van der Waals surface area contributed by atoms with Gasteiger partial charge in [0.15, 0.2) is 0 Å². The van der Waals surface area contributed by atoms with Gasteiger partial charge in [-0.05, 0) is 38.8 Å². The van der Waals surface area contributed by atoms with Gasteiger partial charge in [-0.1, -0.05) is 12.1 Å². The van der Waals surface area contributed by atoms with E-state index < -0.39 is 11.9 Å². The topological polar surface area (TPSA) is 124 Å². The highest BCUT2D eigenvalue weighted by Crippen LogP contribution is 2.25. The Morgan fingerprint density at radius 2 is 2.04 bits per heavy atom. The van der Waals surface area contributed by atoms with Gasteiger partial charge in [0.05, 0.1) is 11.8 Å². The quantitative estimate of drug-likeness (QED) is 0.825. The summed E-state index contributed by atoms with van der Waals surface area (Å²) in [5.41, 5.74) is 12.9. The fourth-order valence-corrected chi connectivity index (χ4v) is 3.18. The summed E-state index contributed by atoms with van der Waals surface area (Å²) in [5.74, 6) is -0.235. The molecule has 2 amide bonds. The molecule has 8 nitrogen and oxygen atoms in total. The second-order valence-corrected chi connectivity index (χ2v) is 6.76. The summed E-state index contributed by atoms with van der Waals surface area (Å²) >= 11 is 0. The number of nitrogens with two attached hydrogens (primary N) is 2. The van der Waals surface area contributed by atoms with Gasteiger partial charge in [0.1, 0.15) is 6.04 Å². The van der Waals surface area contributed by atoms with Gasteiger partial charge in [-0.2, -0.15) is 4.98 Å². The molecule has 142 valence electrons. The van der Waals surface area contributed by atoms with Crippen LogP contribution in [-0.4, -0.2) is 45.4 Å². The molecule has 0 bridgehead atoms. The summed E-state index contributed by atoms with van der Waals surface area (Å²) in [6.07, 6.45) is 1.30. The molecule has 2 heterocycles. The molecular formula is C19H23N5O3. The molecule has 1 aromatic heterocycles. The lowest BCUT2D eigenvalue weighted by atomic mass is 10.1. The molecule has 0 radical (unpaired) electrons. The van der Waals surface area contributed by atoms with Crippen LogP contribution in [0.15, 0.2) is 30.3 Å². The van der Waals surface area contributed by atoms with E-state index in [1.165, 1.54) is 4.90 Å². The molecule has 27 heavy (non-hydrogen) atoms. The molecule has 1 saturated heterocycles. The molecule has 0 saturated carbocycles. The highest BCUT2D eigenvalue weighted by Gasteiger charge is 2.33. The highest BCUT2D eigenvalue weighted by molar-refractivity contribution is 5.98. The first-order valence-electron chi connectivity index (χ1n) is 8.87. The maximum Gasteiger partial charge on any atom is 0.254 e. The van der Waals surface area contributed by atoms with Gasteiger partial charge in [-0.25, -0.2) is 4.98 Å². The minimum Gasteiger partial charge on any atom is -0.475 e. The van der Waals surface area contributed by atoms with E-state index in [4.69, 9.17) is 16.2 Å². The number of carbonyl (C=O) groups excluding carboxylic acids is 2. The molecule has 1 aliphatic rings. The van der Waals surface area contributed by atoms with Crippen molar-refractivity contribution in [3.05, 3.63) is 35.9 Å². The average Bonchev–Trinajstić information content (AvgIpc) is 3.10. The lowest BCUT2D eigenvalue weighted by Gasteiger charge is -2.22. The standard InChI is InChI=1S/C19H23N5O3/c1-11(2)27-16-10-14(22-19(21)23-16)12-5-3-6-13(9-12)18(26)24-8-4-7-15(24)17(20)25/h3,5-6,9-11,15H,4,7-8H2,1-2H3,(H2,20,25)(H2,21,22,23)/t15-/m0/s1. The second-order valence-electron chi connectivity index (χ2n) is 6.76. The first kappa shape index (κ1) is 18.6. The molecule has 4 N–H and O–H groups in total. The zero-order chi connectivity index (χ0) is 19.6. The minimum absolute atomic E-state index is 0.0547. The summed E-state index contributed by atoms with van der Waals surface area (Å²) in [7, 11) is 0. The van der Waals surface area contributed by atoms with Crippen molar-refractivity contribution in [2.75, 3.05) is 12.3 Å². The normalized spacial score (nSPS) is 16.6. The van der Waals surface area contributed by atoms with Crippen molar-refractivity contribution >= 4 is 17.8 Å². The third-order valence-electron chi connectivity index (χ3n) is 4.32. The summed E-state index contributed by atoms with van der Waals surface area (Å²) in [6, 6.07) is 8.15. The van der Waals surface area contributed by atoms with Crippen LogP contribution in [0.5, 0.6) is 5.88 Å². The monoisotopic (exact) mass is 369 g/mol. The third-order valence-corrected chi connectivity index (χ3v) is 4.32. The smallest absolute Gasteiger partial charge is 0.254 e. The molecule has 8 heteroatoms. The van der Waals surface area contributed by atoms with E-state index in [9.17, 15) is 9.59 Å². The Balaban J connectivity index is 1.91. The van der Waals surface area contributed by atoms with Crippen molar-refractivity contribution in [2.24, 2.45) is 5.73 Å². The fourth-order valence-electron chi connectivity index (χ4n) is 3.18. The van der Waals surface area contributed by atoms with E-state index in [0.29, 0.717) is 35.7 Å². The average molecular weight is 369 g/mol. The predicted octanol–water partition coefficient (Wildman–Crippen LogP) is 1.60. The van der Waals surface area contributed by atoms with Gasteiger partial charge in [-0.15, -0.1) is 0 Å². The number of rotatable bonds is 5. The number of carbonyl (C=O) groups is 2. The van der Waals surface area contributed by atoms with Crippen molar-refractivity contribution in [3.8, 4) is 17.1 Å². The Morgan fingerprint density at radius 1 is 1.26 bits per heavy atom. The Labute approximate surface area is 157 Å². The lowest BCUT2D eigenvalue weighted by molar-refractivity contribution is -0.121. The van der Waals surface area contributed by atoms with E-state index in [2.05, 4.69) is 9.97 Å². The van der Waals surface area contributed by atoms with Crippen LogP contribution in [0.1, 0.15) is 37.0 Å². The summed E-state index contributed by atoms with van der Waals surface area (Å²) in [6.45, 7) is 4.30. The molecule has 0 aliphatic carbocycles. The van der Waals surface area contributed by atoms with Crippen LogP contribution in [0.3, 0.4) is 0 Å². The first-order chi connectivity index (χ1) is 12.8. The van der Waals surface area contributed by atoms with Crippen molar-refractivity contribution < 1.29 is 14.3 Å². The largest absolute Gasteiger partial charge is 0.475 e. The Morgan fingerprint density at radius 3 is 2.74 bits per heavy atom. The summed E-state index contributed by atoms with van der Waals surface area (Å²) < 4.78 is 5.60. The van der Waals surface area contributed by atoms with Crippen LogP contribution in [0.25, 0.3) is 11.3 Å². The molecule has 1 fully saturated rings. The molecule has 1 aliphatic heterocycles. The zero-order valence-electron chi connectivity index (χ0n) is 15.4. The molecular weight excluding hydrogens is 346 g/mol. The molecule has 3 rings (SSSR count). The molecule has 0 spiro atoms.